The van der Waals surface area contributed by atoms with E-state index in [1.165, 1.54) is 19.8 Å². The fourth-order valence-corrected chi connectivity index (χ4v) is 2.55. The standard InChI is InChI=1S/C19H25N3O3.HI/c1-20-19(22(2)13-14-8-6-5-7-9-14)21-12-15-10-16(24-3)18(23)17(11-15)25-4;/h5-11,23H,12-13H2,1-4H3,(H,20,21);1H. The maximum absolute atomic E-state index is 9.99. The van der Waals surface area contributed by atoms with E-state index in [2.05, 4.69) is 22.4 Å². The minimum atomic E-state index is -0.000622. The van der Waals surface area contributed by atoms with Crippen molar-refractivity contribution in [2.75, 3.05) is 28.3 Å². The molecule has 0 spiro atoms. The SMILES string of the molecule is CN=C(NCc1cc(OC)c(O)c(OC)c1)N(C)Cc1ccccc1.I. The molecule has 0 amide bonds. The highest BCUT2D eigenvalue weighted by Gasteiger charge is 2.12. The summed E-state index contributed by atoms with van der Waals surface area (Å²) in [5.74, 6) is 1.53. The third kappa shape index (κ3) is 5.69. The monoisotopic (exact) mass is 471 g/mol. The van der Waals surface area contributed by atoms with Crippen LogP contribution in [0.1, 0.15) is 11.1 Å². The van der Waals surface area contributed by atoms with E-state index in [-0.39, 0.29) is 29.7 Å². The Hall–Kier alpha value is -2.16. The summed E-state index contributed by atoms with van der Waals surface area (Å²) in [5.41, 5.74) is 2.13. The molecule has 0 saturated carbocycles. The van der Waals surface area contributed by atoms with Gasteiger partial charge in [-0.25, -0.2) is 0 Å². The van der Waals surface area contributed by atoms with Gasteiger partial charge in [-0.1, -0.05) is 30.3 Å². The van der Waals surface area contributed by atoms with Gasteiger partial charge in [0.05, 0.1) is 14.2 Å². The Morgan fingerprint density at radius 1 is 1.08 bits per heavy atom. The molecular weight excluding hydrogens is 445 g/mol. The summed E-state index contributed by atoms with van der Waals surface area (Å²) in [5, 5.41) is 13.3. The third-order valence-electron chi connectivity index (χ3n) is 3.83. The third-order valence-corrected chi connectivity index (χ3v) is 3.83. The van der Waals surface area contributed by atoms with Crippen molar-refractivity contribution in [3.63, 3.8) is 0 Å². The minimum absolute atomic E-state index is 0. The van der Waals surface area contributed by atoms with Crippen LogP contribution in [0.5, 0.6) is 17.2 Å². The molecule has 2 rings (SSSR count). The Morgan fingerprint density at radius 3 is 2.15 bits per heavy atom. The molecule has 0 bridgehead atoms. The van der Waals surface area contributed by atoms with Gasteiger partial charge in [0.25, 0.3) is 0 Å². The Morgan fingerprint density at radius 2 is 1.65 bits per heavy atom. The molecule has 0 aliphatic heterocycles. The van der Waals surface area contributed by atoms with E-state index < -0.39 is 0 Å². The first-order chi connectivity index (χ1) is 12.1. The van der Waals surface area contributed by atoms with Crippen LogP contribution in [-0.2, 0) is 13.1 Å². The summed E-state index contributed by atoms with van der Waals surface area (Å²) in [7, 11) is 6.76. The summed E-state index contributed by atoms with van der Waals surface area (Å²) in [6.45, 7) is 1.28. The number of nitrogens with one attached hydrogen (secondary N) is 1. The van der Waals surface area contributed by atoms with Gasteiger partial charge in [-0.05, 0) is 23.3 Å². The second kappa shape index (κ2) is 10.7. The van der Waals surface area contributed by atoms with Gasteiger partial charge in [0.1, 0.15) is 0 Å². The zero-order chi connectivity index (χ0) is 18.2. The average Bonchev–Trinajstić information content (AvgIpc) is 2.64. The molecule has 0 aromatic heterocycles. The predicted molar refractivity (Wildman–Crippen MR) is 115 cm³/mol. The molecule has 2 aromatic carbocycles. The second-order valence-electron chi connectivity index (χ2n) is 5.59. The Bertz CT molecular complexity index is 698. The number of ether oxygens (including phenoxy) is 2. The summed E-state index contributed by atoms with van der Waals surface area (Å²) >= 11 is 0. The van der Waals surface area contributed by atoms with Crippen molar-refractivity contribution in [1.82, 2.24) is 10.2 Å². The van der Waals surface area contributed by atoms with Crippen LogP contribution in [-0.4, -0.2) is 44.3 Å². The van der Waals surface area contributed by atoms with Crippen molar-refractivity contribution < 1.29 is 14.6 Å². The molecule has 0 unspecified atom stereocenters. The van der Waals surface area contributed by atoms with Gasteiger partial charge < -0.3 is 24.8 Å². The number of hydrogen-bond donors (Lipinski definition) is 2. The van der Waals surface area contributed by atoms with Crippen molar-refractivity contribution in [3.05, 3.63) is 53.6 Å². The number of benzene rings is 2. The molecule has 0 fully saturated rings. The van der Waals surface area contributed by atoms with Gasteiger partial charge in [0, 0.05) is 27.2 Å². The van der Waals surface area contributed by atoms with E-state index >= 15 is 0 Å². The summed E-state index contributed by atoms with van der Waals surface area (Å²) < 4.78 is 10.4. The molecule has 0 aliphatic carbocycles. The maximum Gasteiger partial charge on any atom is 0.200 e. The lowest BCUT2D eigenvalue weighted by molar-refractivity contribution is 0.339. The first-order valence-corrected chi connectivity index (χ1v) is 7.98. The molecular formula is C19H26IN3O3. The Balaban J connectivity index is 0.00000338. The number of halogens is 1. The van der Waals surface area contributed by atoms with Gasteiger partial charge >= 0.3 is 0 Å². The molecule has 6 nitrogen and oxygen atoms in total. The highest BCUT2D eigenvalue weighted by Crippen LogP contribution is 2.36. The topological polar surface area (TPSA) is 66.3 Å². The van der Waals surface area contributed by atoms with Crippen LogP contribution in [0.3, 0.4) is 0 Å². The second-order valence-corrected chi connectivity index (χ2v) is 5.59. The van der Waals surface area contributed by atoms with Crippen LogP contribution in [0.4, 0.5) is 0 Å². The van der Waals surface area contributed by atoms with Crippen molar-refractivity contribution in [2.24, 2.45) is 4.99 Å². The van der Waals surface area contributed by atoms with Crippen LogP contribution in [0, 0.1) is 0 Å². The van der Waals surface area contributed by atoms with Gasteiger partial charge in [0.15, 0.2) is 17.5 Å². The molecule has 0 radical (unpaired) electrons. The average molecular weight is 471 g/mol. The molecule has 0 atom stereocenters. The summed E-state index contributed by atoms with van der Waals surface area (Å²) in [4.78, 5) is 6.37. The van der Waals surface area contributed by atoms with Crippen LogP contribution in [0.25, 0.3) is 0 Å². The highest BCUT2D eigenvalue weighted by atomic mass is 127. The van der Waals surface area contributed by atoms with Crippen molar-refractivity contribution in [3.8, 4) is 17.2 Å². The number of guanidine groups is 1. The Kier molecular flexibility index (Phi) is 9.04. The molecule has 2 aromatic rings. The molecule has 0 heterocycles. The maximum atomic E-state index is 9.99. The van der Waals surface area contributed by atoms with Gasteiger partial charge in [-0.3, -0.25) is 4.99 Å². The Labute approximate surface area is 171 Å². The van der Waals surface area contributed by atoms with Crippen molar-refractivity contribution >= 4 is 29.9 Å². The fourth-order valence-electron chi connectivity index (χ4n) is 2.55. The molecule has 142 valence electrons. The van der Waals surface area contributed by atoms with Crippen LogP contribution < -0.4 is 14.8 Å². The lowest BCUT2D eigenvalue weighted by Gasteiger charge is -2.22. The quantitative estimate of drug-likeness (QED) is 0.385. The largest absolute Gasteiger partial charge is 0.502 e. The zero-order valence-corrected chi connectivity index (χ0v) is 17.9. The van der Waals surface area contributed by atoms with Crippen LogP contribution >= 0.6 is 24.0 Å². The number of methoxy groups -OCH3 is 2. The van der Waals surface area contributed by atoms with Crippen molar-refractivity contribution in [1.29, 1.82) is 0 Å². The highest BCUT2D eigenvalue weighted by molar-refractivity contribution is 14.0. The van der Waals surface area contributed by atoms with Crippen molar-refractivity contribution in [2.45, 2.75) is 13.1 Å². The lowest BCUT2D eigenvalue weighted by atomic mass is 10.2. The van der Waals surface area contributed by atoms with E-state index in [0.717, 1.165) is 18.1 Å². The van der Waals surface area contributed by atoms with Gasteiger partial charge in [-0.15, -0.1) is 24.0 Å². The lowest BCUT2D eigenvalue weighted by Crippen LogP contribution is -2.38. The van der Waals surface area contributed by atoms with E-state index in [0.29, 0.717) is 18.0 Å². The number of hydrogen-bond acceptors (Lipinski definition) is 4. The van der Waals surface area contributed by atoms with E-state index in [1.54, 1.807) is 19.2 Å². The zero-order valence-electron chi connectivity index (χ0n) is 15.5. The van der Waals surface area contributed by atoms with Crippen LogP contribution in [0.15, 0.2) is 47.5 Å². The molecule has 26 heavy (non-hydrogen) atoms. The van der Waals surface area contributed by atoms with Gasteiger partial charge in [-0.2, -0.15) is 0 Å². The number of rotatable bonds is 6. The molecule has 0 aliphatic rings. The predicted octanol–water partition coefficient (Wildman–Crippen LogP) is 3.23. The first-order valence-electron chi connectivity index (χ1n) is 7.98. The molecule has 2 N–H and O–H groups in total. The van der Waals surface area contributed by atoms with E-state index in [1.807, 2.05) is 30.1 Å². The summed E-state index contributed by atoms with van der Waals surface area (Å²) in [6, 6.07) is 13.8. The van der Waals surface area contributed by atoms with Gasteiger partial charge in [0.2, 0.25) is 5.75 Å². The number of phenols is 1. The summed E-state index contributed by atoms with van der Waals surface area (Å²) in [6.07, 6.45) is 0. The first kappa shape index (κ1) is 21.9. The number of phenolic OH excluding ortho intramolecular Hbond substituents is 1. The van der Waals surface area contributed by atoms with Crippen LogP contribution in [0.2, 0.25) is 0 Å². The van der Waals surface area contributed by atoms with E-state index in [9.17, 15) is 5.11 Å². The number of aliphatic imine (C=N–C) groups is 1. The van der Waals surface area contributed by atoms with E-state index in [4.69, 9.17) is 9.47 Å². The normalized spacial score (nSPS) is 10.7. The molecule has 7 heteroatoms. The smallest absolute Gasteiger partial charge is 0.200 e. The minimum Gasteiger partial charge on any atom is -0.502 e. The molecule has 0 saturated heterocycles. The number of aromatic hydroxyl groups is 1. The number of nitrogens with zero attached hydrogens (tertiary/aromatic N) is 2. The fraction of sp³-hybridized carbons (Fsp3) is 0.316.